The van der Waals surface area contributed by atoms with Crippen molar-refractivity contribution in [2.75, 3.05) is 38.2 Å². The van der Waals surface area contributed by atoms with Crippen LogP contribution >= 0.6 is 0 Å². The van der Waals surface area contributed by atoms with Crippen LogP contribution in [-0.4, -0.2) is 74.2 Å². The summed E-state index contributed by atoms with van der Waals surface area (Å²) in [7, 11) is -3.07. The number of carbonyl (C=O) groups is 2. The van der Waals surface area contributed by atoms with Crippen LogP contribution in [0.25, 0.3) is 10.9 Å². The van der Waals surface area contributed by atoms with Crippen LogP contribution in [0.4, 0.5) is 23.2 Å². The third kappa shape index (κ3) is 4.40. The van der Waals surface area contributed by atoms with E-state index >= 15 is 0 Å². The minimum Gasteiger partial charge on any atom is -0.495 e. The van der Waals surface area contributed by atoms with Crippen molar-refractivity contribution in [3.8, 4) is 5.75 Å². The molecule has 0 radical (unpaired) electrons. The highest BCUT2D eigenvalue weighted by Gasteiger charge is 2.43. The maximum Gasteiger partial charge on any atom is 0.471 e. The van der Waals surface area contributed by atoms with Crippen LogP contribution in [0.5, 0.6) is 5.75 Å². The summed E-state index contributed by atoms with van der Waals surface area (Å²) in [6.07, 6.45) is -4.63. The van der Waals surface area contributed by atoms with Gasteiger partial charge in [-0.3, -0.25) is 9.59 Å². The SMILES string of the molecule is COc1ccc(S(=O)(=O)n2nc(C=O)c3ccc(F)cc32)cc1N1CCN(C(=O)C(F)(F)F)CC1. The smallest absolute Gasteiger partial charge is 0.471 e. The number of piperazine rings is 1. The Morgan fingerprint density at radius 2 is 1.77 bits per heavy atom. The molecule has 9 nitrogen and oxygen atoms in total. The summed E-state index contributed by atoms with van der Waals surface area (Å²) < 4.78 is 84.7. The van der Waals surface area contributed by atoms with Crippen molar-refractivity contribution in [1.82, 2.24) is 14.1 Å². The van der Waals surface area contributed by atoms with E-state index in [9.17, 15) is 35.6 Å². The van der Waals surface area contributed by atoms with Crippen molar-refractivity contribution in [2.45, 2.75) is 11.1 Å². The fourth-order valence-electron chi connectivity index (χ4n) is 3.86. The van der Waals surface area contributed by atoms with Crippen LogP contribution < -0.4 is 9.64 Å². The molecule has 0 atom stereocenters. The minimum atomic E-state index is -4.99. The highest BCUT2D eigenvalue weighted by molar-refractivity contribution is 7.90. The lowest BCUT2D eigenvalue weighted by Crippen LogP contribution is -2.52. The van der Waals surface area contributed by atoms with Gasteiger partial charge >= 0.3 is 12.1 Å². The van der Waals surface area contributed by atoms with Gasteiger partial charge in [-0.1, -0.05) is 0 Å². The summed E-state index contributed by atoms with van der Waals surface area (Å²) in [6, 6.07) is 7.10. The third-order valence-corrected chi connectivity index (χ3v) is 7.16. The molecule has 0 unspecified atom stereocenters. The minimum absolute atomic E-state index is 0.00706. The number of rotatable bonds is 5. The van der Waals surface area contributed by atoms with Gasteiger partial charge in [0.15, 0.2) is 6.29 Å². The first-order valence-corrected chi connectivity index (χ1v) is 11.6. The quantitative estimate of drug-likeness (QED) is 0.381. The zero-order chi connectivity index (χ0) is 25.5. The summed E-state index contributed by atoms with van der Waals surface area (Å²) in [6.45, 7) is -0.478. The molecule has 1 amide bonds. The molecule has 4 rings (SSSR count). The van der Waals surface area contributed by atoms with Gasteiger partial charge in [-0.05, 0) is 30.3 Å². The molecule has 1 aliphatic rings. The number of methoxy groups -OCH3 is 1. The summed E-state index contributed by atoms with van der Waals surface area (Å²) in [5, 5.41) is 3.98. The van der Waals surface area contributed by atoms with Gasteiger partial charge in [-0.2, -0.15) is 30.8 Å². The van der Waals surface area contributed by atoms with Gasteiger partial charge in [0.05, 0.1) is 23.2 Å². The molecular weight excluding hydrogens is 496 g/mol. The Bertz CT molecular complexity index is 1410. The van der Waals surface area contributed by atoms with Crippen molar-refractivity contribution in [3.63, 3.8) is 0 Å². The second-order valence-corrected chi connectivity index (χ2v) is 9.39. The van der Waals surface area contributed by atoms with Crippen LogP contribution in [0.1, 0.15) is 10.5 Å². The lowest BCUT2D eigenvalue weighted by atomic mass is 10.2. The van der Waals surface area contributed by atoms with E-state index < -0.39 is 27.9 Å². The topological polar surface area (TPSA) is 102 Å². The highest BCUT2D eigenvalue weighted by Crippen LogP contribution is 2.34. The van der Waals surface area contributed by atoms with Crippen LogP contribution in [0.3, 0.4) is 0 Å². The molecule has 3 aromatic rings. The van der Waals surface area contributed by atoms with Gasteiger partial charge in [0, 0.05) is 37.6 Å². The molecule has 0 saturated carbocycles. The number of halogens is 4. The fraction of sp³-hybridized carbons (Fsp3) is 0.286. The highest BCUT2D eigenvalue weighted by atomic mass is 32.2. The molecule has 1 aromatic heterocycles. The van der Waals surface area contributed by atoms with E-state index in [2.05, 4.69) is 5.10 Å². The average molecular weight is 514 g/mol. The molecule has 1 saturated heterocycles. The largest absolute Gasteiger partial charge is 0.495 e. The Kier molecular flexibility index (Phi) is 6.17. The summed E-state index contributed by atoms with van der Waals surface area (Å²) in [5.74, 6) is -2.42. The van der Waals surface area contributed by atoms with Crippen LogP contribution in [-0.2, 0) is 14.8 Å². The van der Waals surface area contributed by atoms with E-state index in [1.807, 2.05) is 0 Å². The molecule has 2 aromatic carbocycles. The van der Waals surface area contributed by atoms with Crippen molar-refractivity contribution >= 4 is 38.8 Å². The first-order valence-electron chi connectivity index (χ1n) is 10.2. The summed E-state index contributed by atoms with van der Waals surface area (Å²) >= 11 is 0. The molecule has 1 aliphatic heterocycles. The normalized spacial score (nSPS) is 14.9. The lowest BCUT2D eigenvalue weighted by Gasteiger charge is -2.36. The van der Waals surface area contributed by atoms with Gasteiger partial charge in [0.1, 0.15) is 17.3 Å². The maximum atomic E-state index is 13.8. The Morgan fingerprint density at radius 3 is 2.37 bits per heavy atom. The number of aldehydes is 1. The average Bonchev–Trinajstić information content (AvgIpc) is 3.21. The second kappa shape index (κ2) is 8.83. The molecule has 0 bridgehead atoms. The van der Waals surface area contributed by atoms with E-state index in [0.717, 1.165) is 12.1 Å². The van der Waals surface area contributed by atoms with Crippen LogP contribution in [0.2, 0.25) is 0 Å². The number of amides is 1. The predicted molar refractivity (Wildman–Crippen MR) is 116 cm³/mol. The first kappa shape index (κ1) is 24.4. The number of hydrogen-bond donors (Lipinski definition) is 0. The van der Waals surface area contributed by atoms with Gasteiger partial charge in [0.2, 0.25) is 0 Å². The Labute approximate surface area is 196 Å². The molecule has 186 valence electrons. The van der Waals surface area contributed by atoms with E-state index in [1.165, 1.54) is 31.4 Å². The number of hydrogen-bond acceptors (Lipinski definition) is 7. The Hall–Kier alpha value is -3.68. The molecule has 0 spiro atoms. The van der Waals surface area contributed by atoms with E-state index in [-0.39, 0.29) is 59.1 Å². The zero-order valence-corrected chi connectivity index (χ0v) is 18.9. The van der Waals surface area contributed by atoms with E-state index in [1.54, 1.807) is 4.90 Å². The zero-order valence-electron chi connectivity index (χ0n) is 18.1. The number of fused-ring (bicyclic) bond motifs is 1. The van der Waals surface area contributed by atoms with Crippen LogP contribution in [0, 0.1) is 5.82 Å². The van der Waals surface area contributed by atoms with Crippen molar-refractivity contribution < 1.29 is 40.3 Å². The number of nitrogens with zero attached hydrogens (tertiary/aromatic N) is 4. The Balaban J connectivity index is 1.71. The molecule has 0 N–H and O–H groups in total. The third-order valence-electron chi connectivity index (χ3n) is 5.58. The number of anilines is 1. The van der Waals surface area contributed by atoms with Gasteiger partial charge in [-0.15, -0.1) is 0 Å². The van der Waals surface area contributed by atoms with Crippen molar-refractivity contribution in [2.24, 2.45) is 0 Å². The maximum absolute atomic E-state index is 13.8. The molecule has 0 aliphatic carbocycles. The van der Waals surface area contributed by atoms with E-state index in [4.69, 9.17) is 4.74 Å². The van der Waals surface area contributed by atoms with Gasteiger partial charge < -0.3 is 14.5 Å². The van der Waals surface area contributed by atoms with E-state index in [0.29, 0.717) is 15.3 Å². The Morgan fingerprint density at radius 1 is 1.09 bits per heavy atom. The molecule has 1 fully saturated rings. The molecule has 14 heteroatoms. The van der Waals surface area contributed by atoms with Gasteiger partial charge in [-0.25, -0.2) is 4.39 Å². The number of alkyl halides is 3. The first-order chi connectivity index (χ1) is 16.5. The van der Waals surface area contributed by atoms with Gasteiger partial charge in [0.25, 0.3) is 10.0 Å². The lowest BCUT2D eigenvalue weighted by molar-refractivity contribution is -0.185. The standard InChI is InChI=1S/C21H18F4N4O5S/c1-34-19-5-3-14(11-18(19)27-6-8-28(9-7-27)20(31)21(23,24)25)35(32,33)29-17-10-13(22)2-4-15(17)16(12-30)26-29/h2-5,10-12H,6-9H2,1H3. The van der Waals surface area contributed by atoms with Crippen molar-refractivity contribution in [3.05, 3.63) is 47.9 Å². The number of carbonyl (C=O) groups excluding carboxylic acids is 2. The second-order valence-electron chi connectivity index (χ2n) is 7.62. The molecule has 35 heavy (non-hydrogen) atoms. The van der Waals surface area contributed by atoms with Crippen molar-refractivity contribution in [1.29, 1.82) is 0 Å². The summed E-state index contributed by atoms with van der Waals surface area (Å²) in [4.78, 5) is 24.9. The monoisotopic (exact) mass is 514 g/mol. The fourth-order valence-corrected chi connectivity index (χ4v) is 5.17. The molecule has 2 heterocycles. The summed E-state index contributed by atoms with van der Waals surface area (Å²) in [5.41, 5.74) is -0.0579. The number of benzene rings is 2. The predicted octanol–water partition coefficient (Wildman–Crippen LogP) is 2.44. The molecular formula is C21H18F4N4O5S. The number of aromatic nitrogens is 2. The van der Waals surface area contributed by atoms with Crippen LogP contribution in [0.15, 0.2) is 41.3 Å². The number of ether oxygens (including phenoxy) is 1.